The Labute approximate surface area is 142 Å². The summed E-state index contributed by atoms with van der Waals surface area (Å²) in [6.45, 7) is 5.96. The molecule has 0 aliphatic carbocycles. The highest BCUT2D eigenvalue weighted by Crippen LogP contribution is 2.23. The van der Waals surface area contributed by atoms with Gasteiger partial charge in [0.1, 0.15) is 12.1 Å². The molecular formula is C18H25N3O3. The predicted octanol–water partition coefficient (Wildman–Crippen LogP) is 1.70. The number of rotatable bonds is 7. The van der Waals surface area contributed by atoms with E-state index in [2.05, 4.69) is 10.6 Å². The maximum Gasteiger partial charge on any atom is 0.325 e. The summed E-state index contributed by atoms with van der Waals surface area (Å²) in [6.07, 6.45) is 1.17. The van der Waals surface area contributed by atoms with Crippen LogP contribution < -0.4 is 10.6 Å². The molecule has 24 heavy (non-hydrogen) atoms. The fourth-order valence-corrected chi connectivity index (χ4v) is 2.62. The first-order chi connectivity index (χ1) is 11.3. The molecule has 0 spiro atoms. The van der Waals surface area contributed by atoms with E-state index in [0.29, 0.717) is 25.3 Å². The number of carbonyl (C=O) groups excluding carboxylic acids is 3. The Kier molecular flexibility index (Phi) is 5.59. The molecule has 0 saturated carbocycles. The minimum atomic E-state index is -0.967. The smallest absolute Gasteiger partial charge is 0.325 e. The lowest BCUT2D eigenvalue weighted by atomic mass is 9.93. The van der Waals surface area contributed by atoms with Gasteiger partial charge in [0.15, 0.2) is 0 Å². The predicted molar refractivity (Wildman–Crippen MR) is 91.3 cm³/mol. The summed E-state index contributed by atoms with van der Waals surface area (Å²) >= 11 is 0. The van der Waals surface area contributed by atoms with Crippen LogP contribution in [0.1, 0.15) is 32.8 Å². The van der Waals surface area contributed by atoms with Crippen LogP contribution in [0.25, 0.3) is 0 Å². The summed E-state index contributed by atoms with van der Waals surface area (Å²) in [5.74, 6) is -0.351. The van der Waals surface area contributed by atoms with Crippen LogP contribution in [-0.2, 0) is 16.0 Å². The Morgan fingerprint density at radius 3 is 2.54 bits per heavy atom. The van der Waals surface area contributed by atoms with Crippen LogP contribution in [0.4, 0.5) is 4.79 Å². The van der Waals surface area contributed by atoms with Crippen molar-refractivity contribution in [1.82, 2.24) is 15.5 Å². The third-order valence-electron chi connectivity index (χ3n) is 4.11. The molecule has 1 atom stereocenters. The number of nitrogens with one attached hydrogen (secondary N) is 2. The number of aryl methyl sites for hydroxylation is 1. The van der Waals surface area contributed by atoms with Gasteiger partial charge in [-0.1, -0.05) is 44.2 Å². The fraction of sp³-hybridized carbons (Fsp3) is 0.500. The van der Waals surface area contributed by atoms with Gasteiger partial charge in [0, 0.05) is 6.54 Å². The van der Waals surface area contributed by atoms with Crippen LogP contribution in [0.2, 0.25) is 0 Å². The van der Waals surface area contributed by atoms with Crippen molar-refractivity contribution in [1.29, 1.82) is 0 Å². The number of nitrogens with zero attached hydrogens (tertiary/aromatic N) is 1. The Morgan fingerprint density at radius 2 is 1.92 bits per heavy atom. The molecule has 130 valence electrons. The SMILES string of the molecule is CC(C)CNC(=O)CN1C(=O)NC(C)(CCc2ccccc2)C1=O. The monoisotopic (exact) mass is 331 g/mol. The fourth-order valence-electron chi connectivity index (χ4n) is 2.62. The van der Waals surface area contributed by atoms with E-state index in [-0.39, 0.29) is 18.4 Å². The molecule has 4 amide bonds. The van der Waals surface area contributed by atoms with Gasteiger partial charge in [-0.2, -0.15) is 0 Å². The van der Waals surface area contributed by atoms with Crippen molar-refractivity contribution in [3.05, 3.63) is 35.9 Å². The van der Waals surface area contributed by atoms with E-state index >= 15 is 0 Å². The molecule has 1 unspecified atom stereocenters. The molecule has 1 aromatic rings. The van der Waals surface area contributed by atoms with Crippen LogP contribution in [-0.4, -0.2) is 41.4 Å². The second kappa shape index (κ2) is 7.47. The zero-order valence-corrected chi connectivity index (χ0v) is 14.5. The van der Waals surface area contributed by atoms with Crippen molar-refractivity contribution in [2.75, 3.05) is 13.1 Å². The summed E-state index contributed by atoms with van der Waals surface area (Å²) in [5, 5.41) is 5.45. The number of carbonyl (C=O) groups is 3. The maximum absolute atomic E-state index is 12.6. The quantitative estimate of drug-likeness (QED) is 0.747. The molecule has 1 aliphatic rings. The van der Waals surface area contributed by atoms with Gasteiger partial charge in [0.05, 0.1) is 0 Å². The molecule has 2 N–H and O–H groups in total. The van der Waals surface area contributed by atoms with E-state index in [4.69, 9.17) is 0 Å². The summed E-state index contributed by atoms with van der Waals surface area (Å²) in [7, 11) is 0. The Balaban J connectivity index is 1.95. The van der Waals surface area contributed by atoms with E-state index in [9.17, 15) is 14.4 Å². The van der Waals surface area contributed by atoms with Crippen molar-refractivity contribution in [3.8, 4) is 0 Å². The molecule has 6 nitrogen and oxygen atoms in total. The first kappa shape index (κ1) is 18.0. The molecule has 0 bridgehead atoms. The topological polar surface area (TPSA) is 78.5 Å². The van der Waals surface area contributed by atoms with Gasteiger partial charge in [-0.05, 0) is 31.2 Å². The normalized spacial score (nSPS) is 20.4. The molecule has 2 rings (SSSR count). The Morgan fingerprint density at radius 1 is 1.25 bits per heavy atom. The van der Waals surface area contributed by atoms with Gasteiger partial charge in [-0.3, -0.25) is 14.5 Å². The second-order valence-corrected chi connectivity index (χ2v) is 6.84. The lowest BCUT2D eigenvalue weighted by molar-refractivity contribution is -0.134. The van der Waals surface area contributed by atoms with E-state index in [0.717, 1.165) is 10.5 Å². The molecule has 1 aromatic carbocycles. The van der Waals surface area contributed by atoms with E-state index in [1.165, 1.54) is 0 Å². The van der Waals surface area contributed by atoms with Crippen molar-refractivity contribution >= 4 is 17.8 Å². The standard InChI is InChI=1S/C18H25N3O3/c1-13(2)11-19-15(22)12-21-16(23)18(3,20-17(21)24)10-9-14-7-5-4-6-8-14/h4-8,13H,9-12H2,1-3H3,(H,19,22)(H,20,24). The molecular weight excluding hydrogens is 306 g/mol. The number of imide groups is 1. The van der Waals surface area contributed by atoms with Crippen LogP contribution >= 0.6 is 0 Å². The second-order valence-electron chi connectivity index (χ2n) is 6.84. The summed E-state index contributed by atoms with van der Waals surface area (Å²) < 4.78 is 0. The van der Waals surface area contributed by atoms with Crippen molar-refractivity contribution in [3.63, 3.8) is 0 Å². The van der Waals surface area contributed by atoms with Crippen LogP contribution in [0, 0.1) is 5.92 Å². The third kappa shape index (κ3) is 4.34. The first-order valence-corrected chi connectivity index (χ1v) is 8.26. The van der Waals surface area contributed by atoms with Crippen LogP contribution in [0.3, 0.4) is 0 Å². The van der Waals surface area contributed by atoms with Crippen molar-refractivity contribution in [2.45, 2.75) is 39.2 Å². The number of hydrogen-bond donors (Lipinski definition) is 2. The highest BCUT2D eigenvalue weighted by molar-refractivity contribution is 6.08. The molecule has 0 aromatic heterocycles. The van der Waals surface area contributed by atoms with E-state index in [1.807, 2.05) is 44.2 Å². The largest absolute Gasteiger partial charge is 0.354 e. The van der Waals surface area contributed by atoms with Gasteiger partial charge >= 0.3 is 6.03 Å². The highest BCUT2D eigenvalue weighted by atomic mass is 16.2. The first-order valence-electron chi connectivity index (χ1n) is 8.26. The van der Waals surface area contributed by atoms with E-state index < -0.39 is 11.6 Å². The Hall–Kier alpha value is -2.37. The van der Waals surface area contributed by atoms with Gasteiger partial charge in [-0.15, -0.1) is 0 Å². The molecule has 0 radical (unpaired) electrons. The molecule has 1 saturated heterocycles. The minimum Gasteiger partial charge on any atom is -0.354 e. The summed E-state index contributed by atoms with van der Waals surface area (Å²) in [5.41, 5.74) is 0.138. The number of benzene rings is 1. The van der Waals surface area contributed by atoms with Crippen LogP contribution in [0.5, 0.6) is 0 Å². The zero-order valence-electron chi connectivity index (χ0n) is 14.5. The average Bonchev–Trinajstić information content (AvgIpc) is 2.76. The maximum atomic E-state index is 12.6. The summed E-state index contributed by atoms with van der Waals surface area (Å²) in [6, 6.07) is 9.29. The average molecular weight is 331 g/mol. The van der Waals surface area contributed by atoms with Gasteiger partial charge < -0.3 is 10.6 Å². The highest BCUT2D eigenvalue weighted by Gasteiger charge is 2.47. The van der Waals surface area contributed by atoms with E-state index in [1.54, 1.807) is 6.92 Å². The van der Waals surface area contributed by atoms with Gasteiger partial charge in [0.25, 0.3) is 5.91 Å². The van der Waals surface area contributed by atoms with Crippen LogP contribution in [0.15, 0.2) is 30.3 Å². The Bertz CT molecular complexity index is 615. The minimum absolute atomic E-state index is 0.238. The number of hydrogen-bond acceptors (Lipinski definition) is 3. The molecule has 1 fully saturated rings. The third-order valence-corrected chi connectivity index (χ3v) is 4.11. The number of amides is 4. The van der Waals surface area contributed by atoms with Crippen molar-refractivity contribution < 1.29 is 14.4 Å². The lowest BCUT2D eigenvalue weighted by Crippen LogP contribution is -2.45. The van der Waals surface area contributed by atoms with Gasteiger partial charge in [0.2, 0.25) is 5.91 Å². The number of urea groups is 1. The summed E-state index contributed by atoms with van der Waals surface area (Å²) in [4.78, 5) is 37.6. The lowest BCUT2D eigenvalue weighted by Gasteiger charge is -2.21. The van der Waals surface area contributed by atoms with Gasteiger partial charge in [-0.25, -0.2) is 4.79 Å². The molecule has 1 heterocycles. The molecule has 1 aliphatic heterocycles. The zero-order chi connectivity index (χ0) is 17.7. The molecule has 6 heteroatoms. The van der Waals surface area contributed by atoms with Crippen molar-refractivity contribution in [2.24, 2.45) is 5.92 Å².